The van der Waals surface area contributed by atoms with Gasteiger partial charge in [-0.25, -0.2) is 0 Å². The lowest BCUT2D eigenvalue weighted by Gasteiger charge is -2.19. The molecular formula is C17H19Br2NO. The van der Waals surface area contributed by atoms with Crippen molar-refractivity contribution in [3.8, 4) is 5.75 Å². The van der Waals surface area contributed by atoms with E-state index in [1.807, 2.05) is 19.2 Å². The first-order chi connectivity index (χ1) is 10.0. The van der Waals surface area contributed by atoms with Gasteiger partial charge in [0.15, 0.2) is 0 Å². The maximum absolute atomic E-state index is 5.47. The van der Waals surface area contributed by atoms with Crippen LogP contribution in [0.1, 0.15) is 22.7 Å². The molecule has 0 bridgehead atoms. The topological polar surface area (TPSA) is 21.3 Å². The summed E-state index contributed by atoms with van der Waals surface area (Å²) >= 11 is 7.11. The Morgan fingerprint density at radius 3 is 2.48 bits per heavy atom. The van der Waals surface area contributed by atoms with Crippen LogP contribution in [-0.2, 0) is 6.42 Å². The molecule has 21 heavy (non-hydrogen) atoms. The van der Waals surface area contributed by atoms with E-state index in [0.717, 1.165) is 21.1 Å². The standard InChI is InChI=1S/C17H19Br2NO/c1-11-6-12(8-15(19)7-11)16(20-2)10-13-9-14(18)4-5-17(13)21-3/h4-9,16,20H,10H2,1-3H3. The molecule has 0 aliphatic rings. The predicted molar refractivity (Wildman–Crippen MR) is 95.1 cm³/mol. The lowest BCUT2D eigenvalue weighted by Crippen LogP contribution is -2.19. The maximum Gasteiger partial charge on any atom is 0.122 e. The van der Waals surface area contributed by atoms with Gasteiger partial charge in [-0.2, -0.15) is 0 Å². The summed E-state index contributed by atoms with van der Waals surface area (Å²) in [5.74, 6) is 0.921. The van der Waals surface area contributed by atoms with E-state index in [4.69, 9.17) is 4.74 Å². The van der Waals surface area contributed by atoms with E-state index in [1.165, 1.54) is 16.7 Å². The number of nitrogens with one attached hydrogen (secondary N) is 1. The van der Waals surface area contributed by atoms with Gasteiger partial charge >= 0.3 is 0 Å². The van der Waals surface area contributed by atoms with Crippen molar-refractivity contribution in [2.45, 2.75) is 19.4 Å². The molecule has 1 N–H and O–H groups in total. The number of hydrogen-bond donors (Lipinski definition) is 1. The van der Waals surface area contributed by atoms with Crippen LogP contribution >= 0.6 is 31.9 Å². The van der Waals surface area contributed by atoms with Crippen LogP contribution in [0.5, 0.6) is 5.75 Å². The molecule has 4 heteroatoms. The predicted octanol–water partition coefficient (Wildman–Crippen LogP) is 5.03. The van der Waals surface area contributed by atoms with Crippen LogP contribution in [0.25, 0.3) is 0 Å². The molecule has 2 aromatic rings. The Bertz CT molecular complexity index is 608. The Kier molecular flexibility index (Phi) is 5.85. The van der Waals surface area contributed by atoms with Crippen molar-refractivity contribution in [2.75, 3.05) is 14.2 Å². The number of methoxy groups -OCH3 is 1. The van der Waals surface area contributed by atoms with Crippen molar-refractivity contribution in [3.63, 3.8) is 0 Å². The molecule has 0 aliphatic heterocycles. The van der Waals surface area contributed by atoms with E-state index in [-0.39, 0.29) is 6.04 Å². The SMILES string of the molecule is CNC(Cc1cc(Br)ccc1OC)c1cc(C)cc(Br)c1. The summed E-state index contributed by atoms with van der Waals surface area (Å²) in [6.45, 7) is 2.11. The second-order valence-corrected chi connectivity index (χ2v) is 6.89. The normalized spacial score (nSPS) is 12.2. The maximum atomic E-state index is 5.47. The highest BCUT2D eigenvalue weighted by atomic mass is 79.9. The highest BCUT2D eigenvalue weighted by molar-refractivity contribution is 9.10. The molecule has 0 aromatic heterocycles. The van der Waals surface area contributed by atoms with E-state index < -0.39 is 0 Å². The molecule has 0 radical (unpaired) electrons. The van der Waals surface area contributed by atoms with Crippen molar-refractivity contribution in [3.05, 3.63) is 62.0 Å². The molecule has 2 nitrogen and oxygen atoms in total. The second kappa shape index (κ2) is 7.43. The zero-order valence-electron chi connectivity index (χ0n) is 12.4. The Labute approximate surface area is 143 Å². The minimum Gasteiger partial charge on any atom is -0.496 e. The van der Waals surface area contributed by atoms with E-state index in [2.05, 4.69) is 68.4 Å². The fourth-order valence-electron chi connectivity index (χ4n) is 2.48. The molecule has 1 atom stereocenters. The third-order valence-electron chi connectivity index (χ3n) is 3.48. The van der Waals surface area contributed by atoms with Gasteiger partial charge in [0.25, 0.3) is 0 Å². The second-order valence-electron chi connectivity index (χ2n) is 5.06. The summed E-state index contributed by atoms with van der Waals surface area (Å²) in [5.41, 5.74) is 3.70. The molecule has 2 aromatic carbocycles. The lowest BCUT2D eigenvalue weighted by atomic mass is 9.97. The van der Waals surface area contributed by atoms with Crippen LogP contribution in [0.2, 0.25) is 0 Å². The summed E-state index contributed by atoms with van der Waals surface area (Å²) in [5, 5.41) is 3.40. The van der Waals surface area contributed by atoms with E-state index >= 15 is 0 Å². The minimum absolute atomic E-state index is 0.240. The first-order valence-corrected chi connectivity index (χ1v) is 8.39. The smallest absolute Gasteiger partial charge is 0.122 e. The Morgan fingerprint density at radius 2 is 1.86 bits per heavy atom. The number of hydrogen-bond acceptors (Lipinski definition) is 2. The zero-order valence-corrected chi connectivity index (χ0v) is 15.6. The molecule has 2 rings (SSSR count). The third-order valence-corrected chi connectivity index (χ3v) is 4.43. The minimum atomic E-state index is 0.240. The van der Waals surface area contributed by atoms with E-state index in [1.54, 1.807) is 7.11 Å². The number of rotatable bonds is 5. The summed E-state index contributed by atoms with van der Waals surface area (Å²) in [7, 11) is 3.70. The van der Waals surface area contributed by atoms with Crippen LogP contribution in [0.4, 0.5) is 0 Å². The largest absolute Gasteiger partial charge is 0.496 e. The van der Waals surface area contributed by atoms with Crippen molar-refractivity contribution in [2.24, 2.45) is 0 Å². The molecule has 0 heterocycles. The highest BCUT2D eigenvalue weighted by Gasteiger charge is 2.14. The van der Waals surface area contributed by atoms with Crippen molar-refractivity contribution in [1.29, 1.82) is 0 Å². The summed E-state index contributed by atoms with van der Waals surface area (Å²) in [6.07, 6.45) is 0.870. The average molecular weight is 413 g/mol. The first kappa shape index (κ1) is 16.5. The van der Waals surface area contributed by atoms with Crippen LogP contribution < -0.4 is 10.1 Å². The number of likely N-dealkylation sites (N-methyl/N-ethyl adjacent to an activating group) is 1. The molecule has 0 amide bonds. The fraction of sp³-hybridized carbons (Fsp3) is 0.294. The summed E-state index contributed by atoms with van der Waals surface area (Å²) < 4.78 is 7.65. The monoisotopic (exact) mass is 411 g/mol. The van der Waals surface area contributed by atoms with Gasteiger partial charge in [0.05, 0.1) is 7.11 Å². The number of halogens is 2. The van der Waals surface area contributed by atoms with Crippen LogP contribution in [0.15, 0.2) is 45.3 Å². The number of aryl methyl sites for hydroxylation is 1. The van der Waals surface area contributed by atoms with Gasteiger partial charge < -0.3 is 10.1 Å². The molecule has 0 aliphatic carbocycles. The summed E-state index contributed by atoms with van der Waals surface area (Å²) in [4.78, 5) is 0. The van der Waals surface area contributed by atoms with E-state index in [9.17, 15) is 0 Å². The van der Waals surface area contributed by atoms with Gasteiger partial charge in [-0.15, -0.1) is 0 Å². The van der Waals surface area contributed by atoms with Crippen molar-refractivity contribution >= 4 is 31.9 Å². The average Bonchev–Trinajstić information content (AvgIpc) is 2.43. The van der Waals surface area contributed by atoms with Crippen molar-refractivity contribution < 1.29 is 4.74 Å². The van der Waals surface area contributed by atoms with Gasteiger partial charge in [0.1, 0.15) is 5.75 Å². The van der Waals surface area contributed by atoms with Gasteiger partial charge in [-0.1, -0.05) is 37.9 Å². The zero-order chi connectivity index (χ0) is 15.4. The fourth-order valence-corrected chi connectivity index (χ4v) is 3.51. The lowest BCUT2D eigenvalue weighted by molar-refractivity contribution is 0.406. The molecule has 0 fully saturated rings. The third kappa shape index (κ3) is 4.31. The van der Waals surface area contributed by atoms with E-state index in [0.29, 0.717) is 0 Å². The highest BCUT2D eigenvalue weighted by Crippen LogP contribution is 2.29. The molecule has 0 spiro atoms. The van der Waals surface area contributed by atoms with Crippen LogP contribution in [-0.4, -0.2) is 14.2 Å². The molecule has 0 saturated heterocycles. The van der Waals surface area contributed by atoms with Crippen LogP contribution in [0, 0.1) is 6.92 Å². The number of benzene rings is 2. The molecule has 1 unspecified atom stereocenters. The van der Waals surface area contributed by atoms with Crippen LogP contribution in [0.3, 0.4) is 0 Å². The van der Waals surface area contributed by atoms with Gasteiger partial charge in [-0.05, 0) is 67.4 Å². The van der Waals surface area contributed by atoms with Gasteiger partial charge in [0, 0.05) is 15.0 Å². The first-order valence-electron chi connectivity index (χ1n) is 6.80. The van der Waals surface area contributed by atoms with Crippen molar-refractivity contribution in [1.82, 2.24) is 5.32 Å². The summed E-state index contributed by atoms with van der Waals surface area (Å²) in [6, 6.07) is 12.9. The molecule has 0 saturated carbocycles. The van der Waals surface area contributed by atoms with Gasteiger partial charge in [-0.3, -0.25) is 0 Å². The quantitative estimate of drug-likeness (QED) is 0.743. The Hall–Kier alpha value is -0.840. The Morgan fingerprint density at radius 1 is 1.10 bits per heavy atom. The Balaban J connectivity index is 2.32. The number of ether oxygens (including phenoxy) is 1. The molecular weight excluding hydrogens is 394 g/mol. The van der Waals surface area contributed by atoms with Gasteiger partial charge in [0.2, 0.25) is 0 Å². The molecule has 112 valence electrons.